The van der Waals surface area contributed by atoms with Crippen LogP contribution in [-0.4, -0.2) is 19.9 Å². The number of hydrogen-bond donors (Lipinski definition) is 0. The molecule has 0 bridgehead atoms. The number of halogens is 2. The number of rotatable bonds is 2. The lowest BCUT2D eigenvalue weighted by Gasteiger charge is -2.05. The Morgan fingerprint density at radius 3 is 2.81 bits per heavy atom. The standard InChI is InChI=1S/C10H8BrClN4/c1-2-6-8(11)9(12)16-10(15-6)7-3-4-13-5-14-7/h3-5H,2H2,1H3. The van der Waals surface area contributed by atoms with Gasteiger partial charge >= 0.3 is 0 Å². The largest absolute Gasteiger partial charge is 0.245 e. The van der Waals surface area contributed by atoms with E-state index in [-0.39, 0.29) is 0 Å². The summed E-state index contributed by atoms with van der Waals surface area (Å²) in [5, 5.41) is 0.403. The van der Waals surface area contributed by atoms with E-state index in [4.69, 9.17) is 11.6 Å². The summed E-state index contributed by atoms with van der Waals surface area (Å²) in [6.45, 7) is 2.01. The van der Waals surface area contributed by atoms with Gasteiger partial charge in [-0.15, -0.1) is 0 Å². The summed E-state index contributed by atoms with van der Waals surface area (Å²) < 4.78 is 0.745. The third-order valence-electron chi connectivity index (χ3n) is 2.03. The first-order valence-corrected chi connectivity index (χ1v) is 5.87. The van der Waals surface area contributed by atoms with Gasteiger partial charge in [0.05, 0.1) is 10.2 Å². The lowest BCUT2D eigenvalue weighted by atomic mass is 10.3. The predicted molar refractivity (Wildman–Crippen MR) is 65.1 cm³/mol. The molecule has 0 N–H and O–H groups in total. The van der Waals surface area contributed by atoms with Crippen LogP contribution in [0.4, 0.5) is 0 Å². The Morgan fingerprint density at radius 1 is 1.38 bits per heavy atom. The Bertz CT molecular complexity index is 504. The molecule has 0 saturated heterocycles. The molecule has 6 heteroatoms. The quantitative estimate of drug-likeness (QED) is 0.800. The zero-order valence-corrected chi connectivity index (χ0v) is 10.8. The highest BCUT2D eigenvalue weighted by Crippen LogP contribution is 2.26. The van der Waals surface area contributed by atoms with Crippen molar-refractivity contribution in [3.8, 4) is 11.5 Å². The van der Waals surface area contributed by atoms with Crippen molar-refractivity contribution in [1.29, 1.82) is 0 Å². The highest BCUT2D eigenvalue weighted by atomic mass is 79.9. The van der Waals surface area contributed by atoms with Crippen LogP contribution in [0.1, 0.15) is 12.6 Å². The van der Waals surface area contributed by atoms with Crippen LogP contribution in [0, 0.1) is 0 Å². The van der Waals surface area contributed by atoms with Crippen molar-refractivity contribution in [3.63, 3.8) is 0 Å². The number of nitrogens with zero attached hydrogens (tertiary/aromatic N) is 4. The summed E-state index contributed by atoms with van der Waals surface area (Å²) in [5.74, 6) is 0.521. The van der Waals surface area contributed by atoms with Gasteiger partial charge in [0.15, 0.2) is 5.82 Å². The minimum absolute atomic E-state index is 0.403. The fourth-order valence-electron chi connectivity index (χ4n) is 1.23. The summed E-state index contributed by atoms with van der Waals surface area (Å²) >= 11 is 9.36. The smallest absolute Gasteiger partial charge is 0.180 e. The molecule has 4 nitrogen and oxygen atoms in total. The monoisotopic (exact) mass is 298 g/mol. The Labute approximate surface area is 106 Å². The van der Waals surface area contributed by atoms with E-state index in [0.29, 0.717) is 16.7 Å². The summed E-state index contributed by atoms with van der Waals surface area (Å²) in [6, 6.07) is 1.75. The molecular formula is C10H8BrClN4. The molecule has 2 aromatic rings. The average Bonchev–Trinajstić information content (AvgIpc) is 2.33. The molecule has 0 unspecified atom stereocenters. The summed E-state index contributed by atoms with van der Waals surface area (Å²) in [4.78, 5) is 16.5. The molecule has 0 aliphatic heterocycles. The van der Waals surface area contributed by atoms with E-state index in [0.717, 1.165) is 16.6 Å². The lowest BCUT2D eigenvalue weighted by Crippen LogP contribution is -1.98. The van der Waals surface area contributed by atoms with Gasteiger partial charge in [0.1, 0.15) is 17.2 Å². The molecule has 0 aliphatic carbocycles. The fourth-order valence-corrected chi connectivity index (χ4v) is 1.88. The Kier molecular flexibility index (Phi) is 3.46. The Hall–Kier alpha value is -1.07. The molecule has 0 amide bonds. The number of aryl methyl sites for hydroxylation is 1. The zero-order chi connectivity index (χ0) is 11.5. The molecule has 0 fully saturated rings. The van der Waals surface area contributed by atoms with Crippen LogP contribution in [0.15, 0.2) is 23.1 Å². The van der Waals surface area contributed by atoms with Crippen molar-refractivity contribution in [1.82, 2.24) is 19.9 Å². The van der Waals surface area contributed by atoms with E-state index in [1.807, 2.05) is 6.92 Å². The van der Waals surface area contributed by atoms with E-state index in [1.54, 1.807) is 12.3 Å². The lowest BCUT2D eigenvalue weighted by molar-refractivity contribution is 0.980. The van der Waals surface area contributed by atoms with Crippen LogP contribution in [-0.2, 0) is 6.42 Å². The van der Waals surface area contributed by atoms with E-state index >= 15 is 0 Å². The second kappa shape index (κ2) is 4.84. The van der Waals surface area contributed by atoms with Crippen molar-refractivity contribution in [2.24, 2.45) is 0 Å². The van der Waals surface area contributed by atoms with Crippen LogP contribution in [0.3, 0.4) is 0 Å². The fraction of sp³-hybridized carbons (Fsp3) is 0.200. The topological polar surface area (TPSA) is 51.6 Å². The van der Waals surface area contributed by atoms with Crippen molar-refractivity contribution < 1.29 is 0 Å². The van der Waals surface area contributed by atoms with E-state index < -0.39 is 0 Å². The first-order valence-electron chi connectivity index (χ1n) is 4.70. The summed E-state index contributed by atoms with van der Waals surface area (Å²) in [7, 11) is 0. The minimum atomic E-state index is 0.403. The molecule has 16 heavy (non-hydrogen) atoms. The highest BCUT2D eigenvalue weighted by Gasteiger charge is 2.11. The van der Waals surface area contributed by atoms with Crippen LogP contribution in [0.25, 0.3) is 11.5 Å². The van der Waals surface area contributed by atoms with Gasteiger partial charge in [0.25, 0.3) is 0 Å². The van der Waals surface area contributed by atoms with Crippen LogP contribution >= 0.6 is 27.5 Å². The normalized spacial score (nSPS) is 10.4. The third-order valence-corrected chi connectivity index (χ3v) is 3.36. The zero-order valence-electron chi connectivity index (χ0n) is 8.48. The van der Waals surface area contributed by atoms with Crippen LogP contribution < -0.4 is 0 Å². The Balaban J connectivity index is 2.55. The van der Waals surface area contributed by atoms with Gasteiger partial charge in [-0.3, -0.25) is 0 Å². The maximum Gasteiger partial charge on any atom is 0.180 e. The van der Waals surface area contributed by atoms with Crippen molar-refractivity contribution in [2.75, 3.05) is 0 Å². The van der Waals surface area contributed by atoms with Crippen LogP contribution in [0.2, 0.25) is 5.15 Å². The van der Waals surface area contributed by atoms with Gasteiger partial charge in [-0.25, -0.2) is 19.9 Å². The maximum absolute atomic E-state index is 6.01. The molecule has 0 aliphatic rings. The first kappa shape index (κ1) is 11.4. The Morgan fingerprint density at radius 2 is 2.19 bits per heavy atom. The summed E-state index contributed by atoms with van der Waals surface area (Å²) in [5.41, 5.74) is 1.53. The highest BCUT2D eigenvalue weighted by molar-refractivity contribution is 9.10. The van der Waals surface area contributed by atoms with Gasteiger partial charge < -0.3 is 0 Å². The SMILES string of the molecule is CCc1nc(-c2ccncn2)nc(Cl)c1Br. The van der Waals surface area contributed by atoms with Gasteiger partial charge in [-0.1, -0.05) is 18.5 Å². The molecule has 0 saturated carbocycles. The van der Waals surface area contributed by atoms with E-state index in [9.17, 15) is 0 Å². The second-order valence-corrected chi connectivity index (χ2v) is 4.20. The van der Waals surface area contributed by atoms with Crippen LogP contribution in [0.5, 0.6) is 0 Å². The molecule has 0 aromatic carbocycles. The van der Waals surface area contributed by atoms with Crippen molar-refractivity contribution >= 4 is 27.5 Å². The minimum Gasteiger partial charge on any atom is -0.245 e. The molecule has 82 valence electrons. The average molecular weight is 300 g/mol. The van der Waals surface area contributed by atoms with E-state index in [2.05, 4.69) is 35.9 Å². The predicted octanol–water partition coefficient (Wildman–Crippen LogP) is 2.91. The van der Waals surface area contributed by atoms with E-state index in [1.165, 1.54) is 6.33 Å². The van der Waals surface area contributed by atoms with Gasteiger partial charge in [0.2, 0.25) is 0 Å². The number of hydrogen-bond acceptors (Lipinski definition) is 4. The second-order valence-electron chi connectivity index (χ2n) is 3.05. The molecule has 0 radical (unpaired) electrons. The van der Waals surface area contributed by atoms with Crippen molar-refractivity contribution in [2.45, 2.75) is 13.3 Å². The number of aromatic nitrogens is 4. The molecule has 2 heterocycles. The van der Waals surface area contributed by atoms with Gasteiger partial charge in [-0.2, -0.15) is 0 Å². The van der Waals surface area contributed by atoms with Gasteiger partial charge in [0, 0.05) is 6.20 Å². The molecular weight excluding hydrogens is 291 g/mol. The maximum atomic E-state index is 6.01. The molecule has 0 atom stereocenters. The third kappa shape index (κ3) is 2.20. The first-order chi connectivity index (χ1) is 7.72. The van der Waals surface area contributed by atoms with Crippen molar-refractivity contribution in [3.05, 3.63) is 33.9 Å². The molecule has 0 spiro atoms. The summed E-state index contributed by atoms with van der Waals surface area (Å²) in [6.07, 6.45) is 3.88. The molecule has 2 aromatic heterocycles. The van der Waals surface area contributed by atoms with Gasteiger partial charge in [-0.05, 0) is 28.4 Å². The molecule has 2 rings (SSSR count).